The Labute approximate surface area is 154 Å². The second-order valence-electron chi connectivity index (χ2n) is 5.89. The molecule has 4 nitrogen and oxygen atoms in total. The highest BCUT2D eigenvalue weighted by Gasteiger charge is 2.29. The van der Waals surface area contributed by atoms with E-state index in [1.165, 1.54) is 25.1 Å². The fourth-order valence-electron chi connectivity index (χ4n) is 2.18. The van der Waals surface area contributed by atoms with Crippen LogP contribution in [0.3, 0.4) is 0 Å². The lowest BCUT2D eigenvalue weighted by molar-refractivity contribution is -0.148. The summed E-state index contributed by atoms with van der Waals surface area (Å²) in [4.78, 5) is 23.8. The summed E-state index contributed by atoms with van der Waals surface area (Å²) in [6, 6.07) is 11.5. The van der Waals surface area contributed by atoms with Crippen LogP contribution in [0.4, 0.5) is 18.9 Å². The summed E-state index contributed by atoms with van der Waals surface area (Å²) in [5.74, 6) is -1.27. The molecule has 0 saturated carbocycles. The zero-order valence-corrected chi connectivity index (χ0v) is 14.7. The summed E-state index contributed by atoms with van der Waals surface area (Å²) in [5.41, 5.74) is 1.18. The average molecular weight is 377 g/mol. The van der Waals surface area contributed by atoms with Gasteiger partial charge in [0.25, 0.3) is 5.91 Å². The molecular formula is C20H18F3NO3. The molecule has 0 radical (unpaired) electrons. The van der Waals surface area contributed by atoms with Gasteiger partial charge in [0, 0.05) is 11.8 Å². The first-order valence-corrected chi connectivity index (χ1v) is 8.08. The van der Waals surface area contributed by atoms with Crippen molar-refractivity contribution in [3.8, 4) is 0 Å². The number of hydrogen-bond acceptors (Lipinski definition) is 3. The van der Waals surface area contributed by atoms with Crippen molar-refractivity contribution in [1.29, 1.82) is 0 Å². The minimum Gasteiger partial charge on any atom is -0.449 e. The first-order valence-electron chi connectivity index (χ1n) is 8.08. The Morgan fingerprint density at radius 3 is 2.37 bits per heavy atom. The van der Waals surface area contributed by atoms with Crippen LogP contribution in [0.15, 0.2) is 54.6 Å². The van der Waals surface area contributed by atoms with Crippen molar-refractivity contribution in [3.63, 3.8) is 0 Å². The van der Waals surface area contributed by atoms with Gasteiger partial charge in [0.05, 0.1) is 5.56 Å². The predicted octanol–water partition coefficient (Wildman–Crippen LogP) is 4.60. The van der Waals surface area contributed by atoms with Gasteiger partial charge in [-0.2, -0.15) is 13.2 Å². The molecule has 0 aliphatic rings. The third-order valence-corrected chi connectivity index (χ3v) is 3.60. The van der Waals surface area contributed by atoms with E-state index in [1.807, 2.05) is 13.0 Å². The van der Waals surface area contributed by atoms with E-state index in [4.69, 9.17) is 4.74 Å². The number of halogens is 3. The van der Waals surface area contributed by atoms with Crippen molar-refractivity contribution in [2.24, 2.45) is 0 Å². The van der Waals surface area contributed by atoms with Gasteiger partial charge >= 0.3 is 12.1 Å². The minimum absolute atomic E-state index is 0.400. The van der Waals surface area contributed by atoms with E-state index in [0.717, 1.165) is 23.8 Å². The van der Waals surface area contributed by atoms with Gasteiger partial charge in [-0.1, -0.05) is 24.3 Å². The third-order valence-electron chi connectivity index (χ3n) is 3.60. The Hall–Kier alpha value is -3.09. The molecule has 7 heteroatoms. The molecule has 0 aliphatic carbocycles. The Morgan fingerprint density at radius 2 is 1.78 bits per heavy atom. The van der Waals surface area contributed by atoms with Gasteiger partial charge in [-0.15, -0.1) is 0 Å². The molecule has 1 N–H and O–H groups in total. The van der Waals surface area contributed by atoms with E-state index in [9.17, 15) is 22.8 Å². The SMILES string of the molecule is Cc1cccc(NC(=O)[C@H](C)OC(=O)/C=C/c2ccc(C(F)(F)F)cc2)c1. The van der Waals surface area contributed by atoms with Crippen molar-refractivity contribution >= 4 is 23.6 Å². The van der Waals surface area contributed by atoms with Crippen molar-refractivity contribution in [3.05, 3.63) is 71.3 Å². The van der Waals surface area contributed by atoms with E-state index >= 15 is 0 Å². The number of ether oxygens (including phenoxy) is 1. The topological polar surface area (TPSA) is 55.4 Å². The largest absolute Gasteiger partial charge is 0.449 e. The van der Waals surface area contributed by atoms with Crippen LogP contribution in [0.1, 0.15) is 23.6 Å². The first-order chi connectivity index (χ1) is 12.6. The van der Waals surface area contributed by atoms with Crippen molar-refractivity contribution < 1.29 is 27.5 Å². The van der Waals surface area contributed by atoms with E-state index in [0.29, 0.717) is 11.3 Å². The maximum atomic E-state index is 12.5. The van der Waals surface area contributed by atoms with E-state index < -0.39 is 29.7 Å². The number of rotatable bonds is 5. The number of benzene rings is 2. The lowest BCUT2D eigenvalue weighted by Gasteiger charge is -2.12. The molecule has 0 spiro atoms. The van der Waals surface area contributed by atoms with Crippen LogP contribution in [-0.4, -0.2) is 18.0 Å². The normalized spacial score (nSPS) is 12.6. The number of anilines is 1. The predicted molar refractivity (Wildman–Crippen MR) is 95.8 cm³/mol. The summed E-state index contributed by atoms with van der Waals surface area (Å²) in [5, 5.41) is 2.64. The summed E-state index contributed by atoms with van der Waals surface area (Å²) >= 11 is 0. The molecule has 0 saturated heterocycles. The summed E-state index contributed by atoms with van der Waals surface area (Å²) in [6.45, 7) is 3.31. The fraction of sp³-hybridized carbons (Fsp3) is 0.200. The molecule has 2 rings (SSSR count). The van der Waals surface area contributed by atoms with Gasteiger partial charge in [-0.05, 0) is 55.3 Å². The molecule has 0 heterocycles. The summed E-state index contributed by atoms with van der Waals surface area (Å²) in [7, 11) is 0. The van der Waals surface area contributed by atoms with E-state index in [1.54, 1.807) is 18.2 Å². The molecule has 142 valence electrons. The van der Waals surface area contributed by atoms with Gasteiger partial charge in [0.15, 0.2) is 6.10 Å². The summed E-state index contributed by atoms with van der Waals surface area (Å²) in [6.07, 6.45) is -3.08. The van der Waals surface area contributed by atoms with Gasteiger partial charge in [0.2, 0.25) is 0 Å². The lowest BCUT2D eigenvalue weighted by atomic mass is 10.1. The van der Waals surface area contributed by atoms with E-state index in [2.05, 4.69) is 5.32 Å². The zero-order valence-electron chi connectivity index (χ0n) is 14.7. The molecule has 0 bridgehead atoms. The number of carbonyl (C=O) groups is 2. The molecule has 0 aliphatic heterocycles. The Bertz CT molecular complexity index is 842. The molecule has 2 aromatic carbocycles. The molecule has 1 atom stereocenters. The average Bonchev–Trinajstić information content (AvgIpc) is 2.59. The molecule has 0 aromatic heterocycles. The molecule has 0 unspecified atom stereocenters. The van der Waals surface area contributed by atoms with E-state index in [-0.39, 0.29) is 0 Å². The second kappa shape index (κ2) is 8.53. The first kappa shape index (κ1) is 20.2. The van der Waals surface area contributed by atoms with Gasteiger partial charge in [0.1, 0.15) is 0 Å². The van der Waals surface area contributed by atoms with Crippen LogP contribution in [0.25, 0.3) is 6.08 Å². The Balaban J connectivity index is 1.90. The number of carbonyl (C=O) groups excluding carboxylic acids is 2. The highest BCUT2D eigenvalue weighted by molar-refractivity contribution is 5.96. The number of aryl methyl sites for hydroxylation is 1. The van der Waals surface area contributed by atoms with Gasteiger partial charge in [-0.25, -0.2) is 4.79 Å². The van der Waals surface area contributed by atoms with Crippen LogP contribution < -0.4 is 5.32 Å². The summed E-state index contributed by atoms with van der Waals surface area (Å²) < 4.78 is 42.5. The maximum Gasteiger partial charge on any atom is 0.416 e. The smallest absolute Gasteiger partial charge is 0.416 e. The molecule has 27 heavy (non-hydrogen) atoms. The lowest BCUT2D eigenvalue weighted by Crippen LogP contribution is -2.29. The quantitative estimate of drug-likeness (QED) is 0.612. The Kier molecular flexibility index (Phi) is 6.39. The number of esters is 1. The zero-order chi connectivity index (χ0) is 20.0. The van der Waals surface area contributed by atoms with Crippen molar-refractivity contribution in [1.82, 2.24) is 0 Å². The molecule has 0 fully saturated rings. The van der Waals surface area contributed by atoms with Gasteiger partial charge < -0.3 is 10.1 Å². The minimum atomic E-state index is -4.42. The number of alkyl halides is 3. The van der Waals surface area contributed by atoms with Crippen molar-refractivity contribution in [2.45, 2.75) is 26.1 Å². The monoisotopic (exact) mass is 377 g/mol. The van der Waals surface area contributed by atoms with Crippen LogP contribution >= 0.6 is 0 Å². The van der Waals surface area contributed by atoms with Crippen LogP contribution in [0.2, 0.25) is 0 Å². The standard InChI is InChI=1S/C20H18F3NO3/c1-13-4-3-5-17(12-13)24-19(26)14(2)27-18(25)11-8-15-6-9-16(10-7-15)20(21,22)23/h3-12,14H,1-2H3,(H,24,26)/b11-8+/t14-/m0/s1. The van der Waals surface area contributed by atoms with Crippen LogP contribution in [-0.2, 0) is 20.5 Å². The molecular weight excluding hydrogens is 359 g/mol. The fourth-order valence-corrected chi connectivity index (χ4v) is 2.18. The Morgan fingerprint density at radius 1 is 1.11 bits per heavy atom. The number of amides is 1. The van der Waals surface area contributed by atoms with Crippen LogP contribution in [0.5, 0.6) is 0 Å². The number of hydrogen-bond donors (Lipinski definition) is 1. The van der Waals surface area contributed by atoms with Gasteiger partial charge in [-0.3, -0.25) is 4.79 Å². The second-order valence-corrected chi connectivity index (χ2v) is 5.89. The maximum absolute atomic E-state index is 12.5. The third kappa shape index (κ3) is 6.29. The molecule has 1 amide bonds. The molecule has 2 aromatic rings. The highest BCUT2D eigenvalue weighted by atomic mass is 19.4. The number of nitrogens with one attached hydrogen (secondary N) is 1. The van der Waals surface area contributed by atoms with Crippen molar-refractivity contribution in [2.75, 3.05) is 5.32 Å². The highest BCUT2D eigenvalue weighted by Crippen LogP contribution is 2.29. The van der Waals surface area contributed by atoms with Crippen LogP contribution in [0, 0.1) is 6.92 Å².